The van der Waals surface area contributed by atoms with Crippen molar-refractivity contribution in [3.63, 3.8) is 0 Å². The third-order valence-corrected chi connectivity index (χ3v) is 5.60. The molecular formula is C22H24Cl2N2O6. The highest BCUT2D eigenvalue weighted by Crippen LogP contribution is 2.28. The molecule has 2 aromatic rings. The second kappa shape index (κ2) is 10.9. The van der Waals surface area contributed by atoms with Crippen LogP contribution in [0, 0.1) is 0 Å². The molecule has 1 amide bonds. The number of carbonyl (C=O) groups excluding carboxylic acids is 1. The van der Waals surface area contributed by atoms with Crippen molar-refractivity contribution in [1.29, 1.82) is 0 Å². The van der Waals surface area contributed by atoms with Gasteiger partial charge in [-0.15, -0.1) is 0 Å². The van der Waals surface area contributed by atoms with Crippen molar-refractivity contribution in [1.82, 2.24) is 4.90 Å². The summed E-state index contributed by atoms with van der Waals surface area (Å²) in [4.78, 5) is 24.7. The number of hydrogen-bond donors (Lipinski definition) is 3. The Morgan fingerprint density at radius 3 is 2.69 bits per heavy atom. The molecule has 8 nitrogen and oxygen atoms in total. The smallest absolute Gasteiger partial charge is 0.335 e. The minimum Gasteiger partial charge on any atom is -0.489 e. The maximum absolute atomic E-state index is 11.4. The highest BCUT2D eigenvalue weighted by atomic mass is 35.5. The molecule has 2 aromatic carbocycles. The molecule has 0 spiro atoms. The number of benzene rings is 2. The number of carbonyl (C=O) groups is 2. The van der Waals surface area contributed by atoms with E-state index < -0.39 is 12.1 Å². The molecule has 0 radical (unpaired) electrons. The highest BCUT2D eigenvalue weighted by molar-refractivity contribution is 6.42. The number of nitrogens with zero attached hydrogens (tertiary/aromatic N) is 1. The average Bonchev–Trinajstić information content (AvgIpc) is 3.16. The number of carboxylic acid groups (broad SMARTS) is 1. The number of aliphatic hydroxyl groups excluding tert-OH is 1. The van der Waals surface area contributed by atoms with Gasteiger partial charge in [-0.2, -0.15) is 0 Å². The van der Waals surface area contributed by atoms with Crippen LogP contribution >= 0.6 is 23.2 Å². The zero-order chi connectivity index (χ0) is 23.3. The molecule has 1 aliphatic rings. The summed E-state index contributed by atoms with van der Waals surface area (Å²) in [6, 6.07) is 9.26. The van der Waals surface area contributed by atoms with Gasteiger partial charge in [-0.25, -0.2) is 4.79 Å². The summed E-state index contributed by atoms with van der Waals surface area (Å²) in [6.07, 6.45) is -0.0717. The van der Waals surface area contributed by atoms with Gasteiger partial charge in [-0.05, 0) is 36.8 Å². The van der Waals surface area contributed by atoms with Gasteiger partial charge in [0.1, 0.15) is 30.3 Å². The Bertz CT molecular complexity index is 987. The molecular weight excluding hydrogens is 459 g/mol. The fourth-order valence-corrected chi connectivity index (χ4v) is 3.69. The van der Waals surface area contributed by atoms with Gasteiger partial charge in [0, 0.05) is 32.6 Å². The summed E-state index contributed by atoms with van der Waals surface area (Å²) < 4.78 is 11.6. The molecule has 172 valence electrons. The number of hydrogen-bond acceptors (Lipinski definition) is 6. The summed E-state index contributed by atoms with van der Waals surface area (Å²) in [6.45, 7) is 3.00. The number of amides is 1. The Labute approximate surface area is 195 Å². The standard InChI is InChI=1S/C22H24Cl2N2O6/c1-13(27)25-20-5-2-14(22(29)30)8-21(20)31-12-15(28)10-26-7-6-17(11-26)32-16-3-4-18(23)19(24)9-16/h2-5,8-9,15,17,28H,6-7,10-12H2,1H3,(H,25,27)(H,29,30). The highest BCUT2D eigenvalue weighted by Gasteiger charge is 2.26. The van der Waals surface area contributed by atoms with Gasteiger partial charge in [-0.1, -0.05) is 23.2 Å². The number of halogens is 2. The van der Waals surface area contributed by atoms with E-state index in [9.17, 15) is 19.8 Å². The maximum atomic E-state index is 11.4. The van der Waals surface area contributed by atoms with Crippen molar-refractivity contribution in [3.8, 4) is 11.5 Å². The summed E-state index contributed by atoms with van der Waals surface area (Å²) in [7, 11) is 0. The number of β-amino-alcohol motifs (C(OH)–C–C–N with tert-alkyl or cyclic N) is 1. The van der Waals surface area contributed by atoms with Gasteiger partial charge in [0.25, 0.3) is 0 Å². The normalized spacial score (nSPS) is 17.1. The van der Waals surface area contributed by atoms with Crippen molar-refractivity contribution in [3.05, 3.63) is 52.0 Å². The number of ether oxygens (including phenoxy) is 2. The Morgan fingerprint density at radius 1 is 1.22 bits per heavy atom. The van der Waals surface area contributed by atoms with Crippen LogP contribution in [0.4, 0.5) is 5.69 Å². The largest absolute Gasteiger partial charge is 0.489 e. The van der Waals surface area contributed by atoms with Gasteiger partial charge in [0.15, 0.2) is 0 Å². The van der Waals surface area contributed by atoms with E-state index in [2.05, 4.69) is 10.2 Å². The van der Waals surface area contributed by atoms with Crippen LogP contribution in [0.2, 0.25) is 10.0 Å². The number of aliphatic hydroxyl groups is 1. The van der Waals surface area contributed by atoms with Gasteiger partial charge in [0.2, 0.25) is 5.91 Å². The van der Waals surface area contributed by atoms with Crippen molar-refractivity contribution in [2.45, 2.75) is 25.6 Å². The first kappa shape index (κ1) is 24.1. The van der Waals surface area contributed by atoms with Gasteiger partial charge in [-0.3, -0.25) is 9.69 Å². The average molecular weight is 483 g/mol. The van der Waals surface area contributed by atoms with Crippen LogP contribution in [0.5, 0.6) is 11.5 Å². The summed E-state index contributed by atoms with van der Waals surface area (Å²) in [5.74, 6) is -0.612. The lowest BCUT2D eigenvalue weighted by molar-refractivity contribution is -0.114. The lowest BCUT2D eigenvalue weighted by atomic mass is 10.2. The van der Waals surface area contributed by atoms with E-state index in [-0.39, 0.29) is 29.9 Å². The van der Waals surface area contributed by atoms with Crippen LogP contribution in [0.25, 0.3) is 0 Å². The molecule has 0 aliphatic carbocycles. The lowest BCUT2D eigenvalue weighted by Gasteiger charge is -2.21. The molecule has 0 saturated carbocycles. The predicted molar refractivity (Wildman–Crippen MR) is 121 cm³/mol. The zero-order valence-electron chi connectivity index (χ0n) is 17.4. The minimum atomic E-state index is -1.12. The molecule has 32 heavy (non-hydrogen) atoms. The van der Waals surface area contributed by atoms with E-state index in [0.29, 0.717) is 34.6 Å². The molecule has 3 N–H and O–H groups in total. The number of carboxylic acids is 1. The third-order valence-electron chi connectivity index (χ3n) is 4.86. The van der Waals surface area contributed by atoms with E-state index in [0.717, 1.165) is 13.0 Å². The second-order valence-corrected chi connectivity index (χ2v) is 8.34. The molecule has 2 atom stereocenters. The van der Waals surface area contributed by atoms with Crippen LogP contribution in [-0.4, -0.2) is 65.4 Å². The van der Waals surface area contributed by atoms with Crippen molar-refractivity contribution >= 4 is 40.8 Å². The van der Waals surface area contributed by atoms with E-state index in [4.69, 9.17) is 32.7 Å². The molecule has 1 heterocycles. The summed E-state index contributed by atoms with van der Waals surface area (Å²) in [5.41, 5.74) is 0.358. The molecule has 10 heteroatoms. The number of aromatic carboxylic acids is 1. The second-order valence-electron chi connectivity index (χ2n) is 7.53. The Balaban J connectivity index is 1.52. The molecule has 2 unspecified atom stereocenters. The van der Waals surface area contributed by atoms with Gasteiger partial charge >= 0.3 is 5.97 Å². The molecule has 0 aromatic heterocycles. The lowest BCUT2D eigenvalue weighted by Crippen LogP contribution is -2.35. The summed E-state index contributed by atoms with van der Waals surface area (Å²) in [5, 5.41) is 23.1. The van der Waals surface area contributed by atoms with Crippen molar-refractivity contribution in [2.24, 2.45) is 0 Å². The Kier molecular flexibility index (Phi) is 8.20. The molecule has 1 saturated heterocycles. The van der Waals surface area contributed by atoms with E-state index in [1.165, 1.54) is 25.1 Å². The van der Waals surface area contributed by atoms with E-state index in [1.54, 1.807) is 18.2 Å². The SMILES string of the molecule is CC(=O)Nc1ccc(C(=O)O)cc1OCC(O)CN1CCC(Oc2ccc(Cl)c(Cl)c2)C1. The predicted octanol–water partition coefficient (Wildman–Crippen LogP) is 3.54. The summed E-state index contributed by atoms with van der Waals surface area (Å²) >= 11 is 11.9. The van der Waals surface area contributed by atoms with Crippen LogP contribution < -0.4 is 14.8 Å². The van der Waals surface area contributed by atoms with E-state index >= 15 is 0 Å². The fraction of sp³-hybridized carbons (Fsp3) is 0.364. The van der Waals surface area contributed by atoms with Crippen LogP contribution in [-0.2, 0) is 4.79 Å². The molecule has 0 bridgehead atoms. The van der Waals surface area contributed by atoms with Crippen LogP contribution in [0.15, 0.2) is 36.4 Å². The maximum Gasteiger partial charge on any atom is 0.335 e. The quantitative estimate of drug-likeness (QED) is 0.501. The topological polar surface area (TPSA) is 108 Å². The first-order chi connectivity index (χ1) is 15.2. The zero-order valence-corrected chi connectivity index (χ0v) is 18.9. The first-order valence-electron chi connectivity index (χ1n) is 10.0. The molecule has 1 aliphatic heterocycles. The van der Waals surface area contributed by atoms with Crippen LogP contribution in [0.1, 0.15) is 23.7 Å². The van der Waals surface area contributed by atoms with Gasteiger partial charge in [0.05, 0.1) is 21.3 Å². The fourth-order valence-electron chi connectivity index (χ4n) is 3.41. The van der Waals surface area contributed by atoms with Gasteiger partial charge < -0.3 is 25.0 Å². The van der Waals surface area contributed by atoms with E-state index in [1.807, 2.05) is 0 Å². The monoisotopic (exact) mass is 482 g/mol. The Morgan fingerprint density at radius 2 is 2.00 bits per heavy atom. The van der Waals surface area contributed by atoms with Crippen molar-refractivity contribution in [2.75, 3.05) is 31.6 Å². The first-order valence-corrected chi connectivity index (χ1v) is 10.8. The van der Waals surface area contributed by atoms with Crippen LogP contribution in [0.3, 0.4) is 0 Å². The number of anilines is 1. The Hall–Kier alpha value is -2.52. The number of rotatable bonds is 9. The number of likely N-dealkylation sites (tertiary alicyclic amines) is 1. The minimum absolute atomic E-state index is 0.0189. The third kappa shape index (κ3) is 6.74. The molecule has 3 rings (SSSR count). The number of nitrogens with one attached hydrogen (secondary N) is 1. The molecule has 1 fully saturated rings. The van der Waals surface area contributed by atoms with Crippen molar-refractivity contribution < 1.29 is 29.3 Å².